The maximum absolute atomic E-state index is 2.39. The monoisotopic (exact) mass is 296 g/mol. The number of halogens is 1. The van der Waals surface area contributed by atoms with Crippen molar-refractivity contribution in [2.45, 2.75) is 32.1 Å². The first kappa shape index (κ1) is 20.0. The van der Waals surface area contributed by atoms with Gasteiger partial charge in [-0.3, -0.25) is 0 Å². The second-order valence-corrected chi connectivity index (χ2v) is 3.85. The Labute approximate surface area is 133 Å². The first-order valence-corrected chi connectivity index (χ1v) is 6.15. The molecule has 0 heterocycles. The van der Waals surface area contributed by atoms with Crippen LogP contribution < -0.4 is 12.4 Å². The van der Waals surface area contributed by atoms with Crippen LogP contribution in [0.25, 0.3) is 0 Å². The van der Waals surface area contributed by atoms with Crippen molar-refractivity contribution in [3.8, 4) is 0 Å². The van der Waals surface area contributed by atoms with E-state index in [0.29, 0.717) is 0 Å². The summed E-state index contributed by atoms with van der Waals surface area (Å²) in [5, 5.41) is 0. The Hall–Kier alpha value is -0.296. The van der Waals surface area contributed by atoms with E-state index in [4.69, 9.17) is 0 Å². The molecule has 2 aromatic rings. The minimum atomic E-state index is 0. The van der Waals surface area contributed by atoms with Gasteiger partial charge in [-0.1, -0.05) is 19.3 Å². The van der Waals surface area contributed by atoms with Gasteiger partial charge in [-0.25, -0.2) is 24.3 Å². The predicted octanol–water partition coefficient (Wildman–Crippen LogP) is 1.97. The van der Waals surface area contributed by atoms with Gasteiger partial charge in [0.1, 0.15) is 0 Å². The molecule has 0 nitrogen and oxygen atoms in total. The third-order valence-electron chi connectivity index (χ3n) is 2.43. The van der Waals surface area contributed by atoms with Gasteiger partial charge in [0.25, 0.3) is 0 Å². The van der Waals surface area contributed by atoms with E-state index in [1.165, 1.54) is 32.1 Å². The molecule has 1 saturated carbocycles. The Morgan fingerprint density at radius 1 is 0.611 bits per heavy atom. The molecule has 0 bridgehead atoms. The fourth-order valence-corrected chi connectivity index (χ4v) is 1.54. The van der Waals surface area contributed by atoms with Crippen molar-refractivity contribution in [2.75, 3.05) is 0 Å². The predicted molar refractivity (Wildman–Crippen MR) is 71.5 cm³/mol. The van der Waals surface area contributed by atoms with E-state index >= 15 is 0 Å². The SMILES string of the molecule is [CH-]1CCCCC1.[Cl-].[Ti+4].c1cc[cH-]c1.c1cc[cH-]c1. The first-order valence-electron chi connectivity index (χ1n) is 6.15. The first-order chi connectivity index (χ1) is 8.00. The van der Waals surface area contributed by atoms with Crippen LogP contribution in [0.2, 0.25) is 0 Å². The third kappa shape index (κ3) is 13.8. The molecule has 0 spiro atoms. The van der Waals surface area contributed by atoms with Gasteiger partial charge in [0.05, 0.1) is 0 Å². The van der Waals surface area contributed by atoms with E-state index in [2.05, 4.69) is 6.42 Å². The molecule has 1 fully saturated rings. The van der Waals surface area contributed by atoms with E-state index in [1.54, 1.807) is 0 Å². The van der Waals surface area contributed by atoms with Gasteiger partial charge in [0, 0.05) is 0 Å². The average molecular weight is 297 g/mol. The van der Waals surface area contributed by atoms with Crippen LogP contribution in [0.15, 0.2) is 60.7 Å². The van der Waals surface area contributed by atoms with Gasteiger partial charge in [-0.15, -0.1) is 0 Å². The molecule has 0 N–H and O–H groups in total. The summed E-state index contributed by atoms with van der Waals surface area (Å²) in [7, 11) is 0. The van der Waals surface area contributed by atoms with Crippen molar-refractivity contribution in [2.24, 2.45) is 0 Å². The summed E-state index contributed by atoms with van der Waals surface area (Å²) in [6.45, 7) is 0. The summed E-state index contributed by atoms with van der Waals surface area (Å²) in [5.74, 6) is 0. The molecule has 0 saturated heterocycles. The van der Waals surface area contributed by atoms with Crippen LogP contribution in [-0.4, -0.2) is 0 Å². The zero-order valence-corrected chi connectivity index (χ0v) is 13.1. The minimum absolute atomic E-state index is 0. The van der Waals surface area contributed by atoms with E-state index in [1.807, 2.05) is 60.7 Å². The maximum Gasteiger partial charge on any atom is 4.00 e. The molecule has 0 atom stereocenters. The summed E-state index contributed by atoms with van der Waals surface area (Å²) in [6, 6.07) is 20.0. The normalized spacial score (nSPS) is 12.4. The van der Waals surface area contributed by atoms with E-state index in [0.717, 1.165) is 0 Å². The Balaban J connectivity index is 0. The van der Waals surface area contributed by atoms with Crippen molar-refractivity contribution < 1.29 is 34.1 Å². The van der Waals surface area contributed by atoms with Crippen LogP contribution in [0.3, 0.4) is 0 Å². The number of rotatable bonds is 0. The van der Waals surface area contributed by atoms with Crippen LogP contribution in [0.5, 0.6) is 0 Å². The molecule has 18 heavy (non-hydrogen) atoms. The molecular formula is C16H21ClTi. The van der Waals surface area contributed by atoms with Crippen LogP contribution in [0.1, 0.15) is 32.1 Å². The third-order valence-corrected chi connectivity index (χ3v) is 2.43. The summed E-state index contributed by atoms with van der Waals surface area (Å²) in [5.41, 5.74) is 0. The van der Waals surface area contributed by atoms with Crippen LogP contribution in [0, 0.1) is 6.42 Å². The topological polar surface area (TPSA) is 0 Å². The molecule has 0 amide bonds. The molecule has 0 unspecified atom stereocenters. The average Bonchev–Trinajstić information content (AvgIpc) is 3.10. The second-order valence-electron chi connectivity index (χ2n) is 3.85. The summed E-state index contributed by atoms with van der Waals surface area (Å²) in [4.78, 5) is 0. The molecule has 1 aliphatic rings. The smallest absolute Gasteiger partial charge is 1.00 e. The van der Waals surface area contributed by atoms with E-state index in [-0.39, 0.29) is 34.1 Å². The number of hydrogen-bond donors (Lipinski definition) is 0. The second kappa shape index (κ2) is 16.7. The molecule has 2 aromatic carbocycles. The summed E-state index contributed by atoms with van der Waals surface area (Å²) < 4.78 is 0. The minimum Gasteiger partial charge on any atom is -1.00 e. The van der Waals surface area contributed by atoms with E-state index in [9.17, 15) is 0 Å². The summed E-state index contributed by atoms with van der Waals surface area (Å²) in [6.07, 6.45) is 9.50. The van der Waals surface area contributed by atoms with Crippen molar-refractivity contribution in [1.82, 2.24) is 0 Å². The Kier molecular flexibility index (Phi) is 18.6. The van der Waals surface area contributed by atoms with Gasteiger partial charge in [0.15, 0.2) is 0 Å². The Morgan fingerprint density at radius 2 is 1.00 bits per heavy atom. The fraction of sp³-hybridized carbons (Fsp3) is 0.312. The molecule has 96 valence electrons. The van der Waals surface area contributed by atoms with Gasteiger partial charge in [-0.05, 0) is 0 Å². The molecule has 2 heteroatoms. The van der Waals surface area contributed by atoms with Crippen molar-refractivity contribution >= 4 is 0 Å². The Bertz CT molecular complexity index is 211. The quantitative estimate of drug-likeness (QED) is 0.515. The van der Waals surface area contributed by atoms with Gasteiger partial charge in [-0.2, -0.15) is 49.2 Å². The van der Waals surface area contributed by atoms with Crippen molar-refractivity contribution in [1.29, 1.82) is 0 Å². The maximum atomic E-state index is 2.39. The zero-order valence-electron chi connectivity index (χ0n) is 10.8. The molecule has 0 radical (unpaired) electrons. The molecule has 1 aliphatic carbocycles. The van der Waals surface area contributed by atoms with Crippen molar-refractivity contribution in [3.05, 3.63) is 67.1 Å². The molecule has 0 aromatic heterocycles. The van der Waals surface area contributed by atoms with Gasteiger partial charge >= 0.3 is 21.7 Å². The van der Waals surface area contributed by atoms with Crippen molar-refractivity contribution in [3.63, 3.8) is 0 Å². The fourth-order valence-electron chi connectivity index (χ4n) is 1.54. The van der Waals surface area contributed by atoms with Crippen LogP contribution in [0.4, 0.5) is 0 Å². The number of hydrogen-bond acceptors (Lipinski definition) is 0. The molecule has 3 rings (SSSR count). The zero-order chi connectivity index (χ0) is 11.3. The van der Waals surface area contributed by atoms with Gasteiger partial charge in [0.2, 0.25) is 0 Å². The summed E-state index contributed by atoms with van der Waals surface area (Å²) >= 11 is 0. The van der Waals surface area contributed by atoms with Crippen LogP contribution in [-0.2, 0) is 21.7 Å². The van der Waals surface area contributed by atoms with Crippen LogP contribution >= 0.6 is 0 Å². The van der Waals surface area contributed by atoms with Gasteiger partial charge < -0.3 is 18.8 Å². The Morgan fingerprint density at radius 3 is 1.11 bits per heavy atom. The standard InChI is InChI=1S/C6H11.2C5H5.ClH.Ti/c1-2-4-6-5-3-1;2*1-2-4-5-3-1;;/h1H,2-6H2;2*1-5H;1H;/q3*-1;;+4/p-1. The van der Waals surface area contributed by atoms with E-state index < -0.39 is 0 Å². The largest absolute Gasteiger partial charge is 4.00 e. The molecule has 0 aliphatic heterocycles. The molecular weight excluding hydrogens is 275 g/mol.